The van der Waals surface area contributed by atoms with Crippen molar-refractivity contribution in [1.29, 1.82) is 0 Å². The molecule has 1 aromatic carbocycles. The van der Waals surface area contributed by atoms with E-state index in [1.165, 1.54) is 32.1 Å². The van der Waals surface area contributed by atoms with Crippen LogP contribution in [0, 0.1) is 0 Å². The molecule has 0 aliphatic heterocycles. The van der Waals surface area contributed by atoms with Crippen LogP contribution in [0.15, 0.2) is 29.3 Å². The van der Waals surface area contributed by atoms with Crippen molar-refractivity contribution in [1.82, 2.24) is 10.7 Å². The van der Waals surface area contributed by atoms with Crippen LogP contribution in [0.5, 0.6) is 5.75 Å². The third-order valence-electron chi connectivity index (χ3n) is 3.93. The number of nitrogens with one attached hydrogen (secondary N) is 2. The average molecular weight is 290 g/mol. The summed E-state index contributed by atoms with van der Waals surface area (Å²) < 4.78 is 5.35. The van der Waals surface area contributed by atoms with E-state index in [0.29, 0.717) is 18.5 Å². The summed E-state index contributed by atoms with van der Waals surface area (Å²) in [5.41, 5.74) is 3.84. The van der Waals surface area contributed by atoms with Gasteiger partial charge in [-0.1, -0.05) is 37.5 Å². The first-order valence-corrected chi connectivity index (χ1v) is 7.73. The van der Waals surface area contributed by atoms with Crippen molar-refractivity contribution in [3.63, 3.8) is 0 Å². The Morgan fingerprint density at radius 2 is 2.05 bits per heavy atom. The van der Waals surface area contributed by atoms with Gasteiger partial charge < -0.3 is 10.1 Å². The molecule has 1 saturated carbocycles. The molecule has 21 heavy (non-hydrogen) atoms. The van der Waals surface area contributed by atoms with Gasteiger partial charge in [-0.3, -0.25) is 10.4 Å². The molecular formula is C16H26N4O. The van der Waals surface area contributed by atoms with E-state index >= 15 is 0 Å². The van der Waals surface area contributed by atoms with Crippen LogP contribution in [0.2, 0.25) is 0 Å². The number of hydrogen-bond donors (Lipinski definition) is 3. The maximum Gasteiger partial charge on any atom is 0.205 e. The first kappa shape index (κ1) is 15.6. The Morgan fingerprint density at radius 3 is 2.76 bits per heavy atom. The summed E-state index contributed by atoms with van der Waals surface area (Å²) in [6, 6.07) is 8.53. The third-order valence-corrected chi connectivity index (χ3v) is 3.93. The summed E-state index contributed by atoms with van der Waals surface area (Å²) in [5.74, 6) is 7.16. The molecule has 0 bridgehead atoms. The van der Waals surface area contributed by atoms with Crippen molar-refractivity contribution in [2.45, 2.75) is 44.6 Å². The first-order chi connectivity index (χ1) is 10.3. The molecule has 116 valence electrons. The number of nitrogens with two attached hydrogens (primary N) is 1. The minimum absolute atomic E-state index is 0.500. The SMILES string of the molecule is COc1ccccc1CCN=C(NN)NC1CCCCC1. The smallest absolute Gasteiger partial charge is 0.205 e. The molecule has 0 atom stereocenters. The van der Waals surface area contributed by atoms with Crippen molar-refractivity contribution >= 4 is 5.96 Å². The van der Waals surface area contributed by atoms with E-state index in [2.05, 4.69) is 21.8 Å². The number of guanidine groups is 1. The molecule has 0 heterocycles. The average Bonchev–Trinajstić information content (AvgIpc) is 2.55. The van der Waals surface area contributed by atoms with E-state index in [-0.39, 0.29) is 0 Å². The number of para-hydroxylation sites is 1. The highest BCUT2D eigenvalue weighted by Gasteiger charge is 2.14. The Morgan fingerprint density at radius 1 is 1.29 bits per heavy atom. The zero-order valence-corrected chi connectivity index (χ0v) is 12.8. The van der Waals surface area contributed by atoms with Gasteiger partial charge in [0.05, 0.1) is 7.11 Å². The Labute approximate surface area is 126 Å². The highest BCUT2D eigenvalue weighted by Crippen LogP contribution is 2.18. The number of nitrogens with zero attached hydrogens (tertiary/aromatic N) is 1. The van der Waals surface area contributed by atoms with E-state index in [1.807, 2.05) is 18.2 Å². The molecule has 0 spiro atoms. The maximum absolute atomic E-state index is 5.56. The fourth-order valence-corrected chi connectivity index (χ4v) is 2.77. The predicted molar refractivity (Wildman–Crippen MR) is 86.3 cm³/mol. The second kappa shape index (κ2) is 8.52. The standard InChI is InChI=1S/C16H26N4O/c1-21-15-10-6-5-7-13(15)11-12-18-16(20-17)19-14-8-3-2-4-9-14/h5-7,10,14H,2-4,8-9,11-12,17H2,1H3,(H2,18,19,20). The third kappa shape index (κ3) is 4.93. The molecule has 0 radical (unpaired) electrons. The lowest BCUT2D eigenvalue weighted by Crippen LogP contribution is -2.47. The fourth-order valence-electron chi connectivity index (χ4n) is 2.77. The predicted octanol–water partition coefficient (Wildman–Crippen LogP) is 1.98. The van der Waals surface area contributed by atoms with Crippen molar-refractivity contribution in [3.8, 4) is 5.75 Å². The van der Waals surface area contributed by atoms with E-state index in [9.17, 15) is 0 Å². The molecule has 5 heteroatoms. The number of benzene rings is 1. The van der Waals surface area contributed by atoms with Gasteiger partial charge >= 0.3 is 0 Å². The van der Waals surface area contributed by atoms with Crippen molar-refractivity contribution in [2.75, 3.05) is 13.7 Å². The molecule has 5 nitrogen and oxygen atoms in total. The lowest BCUT2D eigenvalue weighted by molar-refractivity contribution is 0.408. The normalized spacial score (nSPS) is 16.6. The van der Waals surface area contributed by atoms with Crippen LogP contribution in [0.25, 0.3) is 0 Å². The largest absolute Gasteiger partial charge is 0.496 e. The lowest BCUT2D eigenvalue weighted by Gasteiger charge is -2.24. The van der Waals surface area contributed by atoms with E-state index in [0.717, 1.165) is 17.7 Å². The zero-order valence-electron chi connectivity index (χ0n) is 12.8. The summed E-state index contributed by atoms with van der Waals surface area (Å²) in [4.78, 5) is 4.52. The van der Waals surface area contributed by atoms with Crippen molar-refractivity contribution in [2.24, 2.45) is 10.8 Å². The fraction of sp³-hybridized carbons (Fsp3) is 0.562. The Hall–Kier alpha value is -1.75. The van der Waals surface area contributed by atoms with Gasteiger partial charge in [-0.15, -0.1) is 0 Å². The molecule has 1 aliphatic rings. The molecule has 0 aromatic heterocycles. The summed E-state index contributed by atoms with van der Waals surface area (Å²) in [7, 11) is 1.69. The molecule has 1 fully saturated rings. The lowest BCUT2D eigenvalue weighted by atomic mass is 9.96. The molecule has 1 aromatic rings. The Kier molecular flexibility index (Phi) is 6.34. The summed E-state index contributed by atoms with van der Waals surface area (Å²) >= 11 is 0. The Balaban J connectivity index is 1.85. The van der Waals surface area contributed by atoms with Gasteiger partial charge in [0, 0.05) is 12.6 Å². The summed E-state index contributed by atoms with van der Waals surface area (Å²) in [6.07, 6.45) is 7.16. The summed E-state index contributed by atoms with van der Waals surface area (Å²) in [6.45, 7) is 0.680. The topological polar surface area (TPSA) is 71.7 Å². The van der Waals surface area contributed by atoms with Crippen LogP contribution in [-0.2, 0) is 6.42 Å². The van der Waals surface area contributed by atoms with Crippen LogP contribution in [0.4, 0.5) is 0 Å². The first-order valence-electron chi connectivity index (χ1n) is 7.73. The molecule has 0 amide bonds. The minimum atomic E-state index is 0.500. The molecular weight excluding hydrogens is 264 g/mol. The number of methoxy groups -OCH3 is 1. The van der Waals surface area contributed by atoms with Gasteiger partial charge in [0.2, 0.25) is 5.96 Å². The molecule has 4 N–H and O–H groups in total. The van der Waals surface area contributed by atoms with Crippen LogP contribution >= 0.6 is 0 Å². The Bertz CT molecular complexity index is 455. The number of rotatable bonds is 5. The van der Waals surface area contributed by atoms with Crippen molar-refractivity contribution < 1.29 is 4.74 Å². The second-order valence-electron chi connectivity index (χ2n) is 5.42. The van der Waals surface area contributed by atoms with Gasteiger partial charge in [0.15, 0.2) is 0 Å². The molecule has 0 unspecified atom stereocenters. The quantitative estimate of drug-likeness (QED) is 0.336. The van der Waals surface area contributed by atoms with Gasteiger partial charge in [0.1, 0.15) is 5.75 Å². The van der Waals surface area contributed by atoms with Gasteiger partial charge in [0.25, 0.3) is 0 Å². The zero-order chi connectivity index (χ0) is 14.9. The van der Waals surface area contributed by atoms with Crippen LogP contribution in [-0.4, -0.2) is 25.7 Å². The van der Waals surface area contributed by atoms with E-state index in [1.54, 1.807) is 7.11 Å². The van der Waals surface area contributed by atoms with E-state index in [4.69, 9.17) is 10.6 Å². The van der Waals surface area contributed by atoms with Crippen molar-refractivity contribution in [3.05, 3.63) is 29.8 Å². The van der Waals surface area contributed by atoms with Gasteiger partial charge in [-0.25, -0.2) is 5.84 Å². The van der Waals surface area contributed by atoms with Crippen LogP contribution < -0.4 is 21.3 Å². The molecule has 2 rings (SSSR count). The maximum atomic E-state index is 5.56. The monoisotopic (exact) mass is 290 g/mol. The van der Waals surface area contributed by atoms with Gasteiger partial charge in [-0.05, 0) is 30.9 Å². The molecule has 0 saturated heterocycles. The molecule has 1 aliphatic carbocycles. The highest BCUT2D eigenvalue weighted by atomic mass is 16.5. The minimum Gasteiger partial charge on any atom is -0.496 e. The highest BCUT2D eigenvalue weighted by molar-refractivity contribution is 5.79. The number of hydrazine groups is 1. The number of hydrogen-bond acceptors (Lipinski definition) is 3. The second-order valence-corrected chi connectivity index (χ2v) is 5.42. The van der Waals surface area contributed by atoms with E-state index < -0.39 is 0 Å². The number of aliphatic imine (C=N–C) groups is 1. The number of ether oxygens (including phenoxy) is 1. The van der Waals surface area contributed by atoms with Gasteiger partial charge in [-0.2, -0.15) is 0 Å². The van der Waals surface area contributed by atoms with Crippen LogP contribution in [0.1, 0.15) is 37.7 Å². The summed E-state index contributed by atoms with van der Waals surface area (Å²) in [5, 5.41) is 3.40. The van der Waals surface area contributed by atoms with Crippen LogP contribution in [0.3, 0.4) is 0 Å².